The summed E-state index contributed by atoms with van der Waals surface area (Å²) in [4.78, 5) is 25.7. The molecule has 202 valence electrons. The number of anilines is 1. The molecule has 12 nitrogen and oxygen atoms in total. The van der Waals surface area contributed by atoms with Crippen molar-refractivity contribution in [2.75, 3.05) is 58.6 Å². The molecule has 4 heterocycles. The zero-order valence-corrected chi connectivity index (χ0v) is 21.8. The lowest BCUT2D eigenvalue weighted by atomic mass is 10.1. The van der Waals surface area contributed by atoms with Gasteiger partial charge in [0.25, 0.3) is 5.78 Å². The molecule has 0 bridgehead atoms. The van der Waals surface area contributed by atoms with E-state index in [1.165, 1.54) is 6.33 Å². The van der Waals surface area contributed by atoms with Crippen LogP contribution in [0.3, 0.4) is 0 Å². The van der Waals surface area contributed by atoms with E-state index in [0.717, 1.165) is 34.0 Å². The average Bonchev–Trinajstić information content (AvgIpc) is 3.65. The van der Waals surface area contributed by atoms with Crippen LogP contribution in [0.1, 0.15) is 5.56 Å². The van der Waals surface area contributed by atoms with Crippen molar-refractivity contribution < 1.29 is 23.7 Å². The zero-order valence-electron chi connectivity index (χ0n) is 21.8. The second-order valence-corrected chi connectivity index (χ2v) is 9.18. The fourth-order valence-corrected chi connectivity index (χ4v) is 4.92. The van der Waals surface area contributed by atoms with Gasteiger partial charge in [-0.05, 0) is 41.8 Å². The number of nitrogens with zero attached hydrogens (tertiary/aromatic N) is 6. The highest BCUT2D eigenvalue weighted by Gasteiger charge is 2.26. The number of amides is 2. The third kappa shape index (κ3) is 4.80. The Labute approximate surface area is 225 Å². The standard InChI is InChI=1S/C27H29N7O5/c1-36-21-6-4-19(14-23(21)37-2)20-15-29-26-30-16-31-34(26)25(20)32-9-11-33(12-10-32)27(35)28-8-7-18-3-5-22-24(13-18)39-17-38-22/h3-6,13-16H,7-12,17H2,1-2H3,(H,28,35). The minimum Gasteiger partial charge on any atom is -0.493 e. The molecule has 1 fully saturated rings. The lowest BCUT2D eigenvalue weighted by molar-refractivity contribution is 0.174. The van der Waals surface area contributed by atoms with Crippen LogP contribution >= 0.6 is 0 Å². The van der Waals surface area contributed by atoms with Gasteiger partial charge in [-0.25, -0.2) is 9.78 Å². The maximum atomic E-state index is 12.9. The summed E-state index contributed by atoms with van der Waals surface area (Å²) >= 11 is 0. The molecule has 0 spiro atoms. The Balaban J connectivity index is 1.13. The summed E-state index contributed by atoms with van der Waals surface area (Å²) in [7, 11) is 3.22. The molecule has 1 saturated heterocycles. The zero-order chi connectivity index (χ0) is 26.8. The number of rotatable bonds is 7. The van der Waals surface area contributed by atoms with Crippen molar-refractivity contribution in [1.29, 1.82) is 0 Å². The number of hydrogen-bond donors (Lipinski definition) is 1. The number of urea groups is 1. The predicted molar refractivity (Wildman–Crippen MR) is 143 cm³/mol. The maximum absolute atomic E-state index is 12.9. The normalized spacial score (nSPS) is 14.5. The monoisotopic (exact) mass is 531 g/mol. The van der Waals surface area contributed by atoms with E-state index in [1.54, 1.807) is 24.9 Å². The van der Waals surface area contributed by atoms with Crippen LogP contribution in [0.5, 0.6) is 23.0 Å². The summed E-state index contributed by atoms with van der Waals surface area (Å²) in [5.74, 6) is 4.16. The summed E-state index contributed by atoms with van der Waals surface area (Å²) in [5.41, 5.74) is 2.88. The molecule has 2 amide bonds. The Morgan fingerprint density at radius 3 is 2.62 bits per heavy atom. The van der Waals surface area contributed by atoms with Crippen molar-refractivity contribution in [2.45, 2.75) is 6.42 Å². The molecule has 2 aromatic heterocycles. The number of fused-ring (bicyclic) bond motifs is 2. The molecule has 0 saturated carbocycles. The summed E-state index contributed by atoms with van der Waals surface area (Å²) < 4.78 is 23.5. The molecule has 1 N–H and O–H groups in total. The van der Waals surface area contributed by atoms with Gasteiger partial charge in [0.15, 0.2) is 23.0 Å². The molecule has 2 aliphatic rings. The Morgan fingerprint density at radius 2 is 1.79 bits per heavy atom. The third-order valence-corrected chi connectivity index (χ3v) is 6.97. The van der Waals surface area contributed by atoms with E-state index in [2.05, 4.69) is 25.3 Å². The number of methoxy groups -OCH3 is 2. The van der Waals surface area contributed by atoms with E-state index in [0.29, 0.717) is 56.4 Å². The SMILES string of the molecule is COc1ccc(-c2cnc3ncnn3c2N2CCN(C(=O)NCCc3ccc4c(c3)OCO4)CC2)cc1OC. The van der Waals surface area contributed by atoms with E-state index in [9.17, 15) is 4.79 Å². The first-order valence-electron chi connectivity index (χ1n) is 12.7. The van der Waals surface area contributed by atoms with Crippen molar-refractivity contribution in [3.05, 3.63) is 54.5 Å². The van der Waals surface area contributed by atoms with Gasteiger partial charge in [-0.2, -0.15) is 14.6 Å². The van der Waals surface area contributed by atoms with Gasteiger partial charge in [0.05, 0.1) is 14.2 Å². The molecule has 0 aliphatic carbocycles. The van der Waals surface area contributed by atoms with Crippen molar-refractivity contribution in [3.8, 4) is 34.1 Å². The highest BCUT2D eigenvalue weighted by molar-refractivity contribution is 5.79. The van der Waals surface area contributed by atoms with Crippen molar-refractivity contribution in [3.63, 3.8) is 0 Å². The first-order chi connectivity index (χ1) is 19.1. The molecule has 0 unspecified atom stereocenters. The van der Waals surface area contributed by atoms with Crippen molar-refractivity contribution in [2.24, 2.45) is 0 Å². The number of aromatic nitrogens is 4. The fraction of sp³-hybridized carbons (Fsp3) is 0.333. The van der Waals surface area contributed by atoms with Gasteiger partial charge in [-0.1, -0.05) is 12.1 Å². The average molecular weight is 532 g/mol. The van der Waals surface area contributed by atoms with Crippen LogP contribution in [0, 0.1) is 0 Å². The van der Waals surface area contributed by atoms with Crippen LogP contribution < -0.4 is 29.2 Å². The highest BCUT2D eigenvalue weighted by Crippen LogP contribution is 2.37. The summed E-state index contributed by atoms with van der Waals surface area (Å²) in [6.07, 6.45) is 4.00. The van der Waals surface area contributed by atoms with E-state index in [-0.39, 0.29) is 12.8 Å². The van der Waals surface area contributed by atoms with Gasteiger partial charge in [0, 0.05) is 44.5 Å². The van der Waals surface area contributed by atoms with Crippen molar-refractivity contribution in [1.82, 2.24) is 29.8 Å². The number of nitrogens with one attached hydrogen (secondary N) is 1. The Hall–Kier alpha value is -4.74. The topological polar surface area (TPSA) is 116 Å². The Morgan fingerprint density at radius 1 is 0.974 bits per heavy atom. The minimum atomic E-state index is -0.0730. The van der Waals surface area contributed by atoms with Crippen LogP contribution in [0.25, 0.3) is 16.9 Å². The lowest BCUT2D eigenvalue weighted by Crippen LogP contribution is -2.52. The van der Waals surface area contributed by atoms with Gasteiger partial charge in [-0.15, -0.1) is 0 Å². The maximum Gasteiger partial charge on any atom is 0.317 e. The number of piperazine rings is 1. The number of carbonyl (C=O) groups is 1. The van der Waals surface area contributed by atoms with E-state index in [4.69, 9.17) is 18.9 Å². The van der Waals surface area contributed by atoms with Gasteiger partial charge in [0.2, 0.25) is 6.79 Å². The number of benzene rings is 2. The van der Waals surface area contributed by atoms with Gasteiger partial charge >= 0.3 is 6.03 Å². The first-order valence-corrected chi connectivity index (χ1v) is 12.7. The molecule has 6 rings (SSSR count). The van der Waals surface area contributed by atoms with Crippen LogP contribution in [0.2, 0.25) is 0 Å². The van der Waals surface area contributed by atoms with Crippen LogP contribution in [0.15, 0.2) is 48.9 Å². The fourth-order valence-electron chi connectivity index (χ4n) is 4.92. The predicted octanol–water partition coefficient (Wildman–Crippen LogP) is 2.61. The molecular formula is C27H29N7O5. The minimum absolute atomic E-state index is 0.0730. The summed E-state index contributed by atoms with van der Waals surface area (Å²) in [6, 6.07) is 11.5. The third-order valence-electron chi connectivity index (χ3n) is 6.97. The highest BCUT2D eigenvalue weighted by atomic mass is 16.7. The molecular weight excluding hydrogens is 502 g/mol. The molecule has 0 radical (unpaired) electrons. The quantitative estimate of drug-likeness (QED) is 0.384. The van der Waals surface area contributed by atoms with Gasteiger partial charge in [0.1, 0.15) is 12.1 Å². The van der Waals surface area contributed by atoms with Crippen LogP contribution in [-0.4, -0.2) is 84.2 Å². The lowest BCUT2D eigenvalue weighted by Gasteiger charge is -2.36. The molecule has 12 heteroatoms. The molecule has 4 aromatic rings. The molecule has 39 heavy (non-hydrogen) atoms. The largest absolute Gasteiger partial charge is 0.493 e. The van der Waals surface area contributed by atoms with Crippen LogP contribution in [-0.2, 0) is 6.42 Å². The summed E-state index contributed by atoms with van der Waals surface area (Å²) in [6.45, 7) is 3.19. The second-order valence-electron chi connectivity index (χ2n) is 9.18. The Bertz CT molecular complexity index is 1500. The number of carbonyl (C=O) groups excluding carboxylic acids is 1. The first kappa shape index (κ1) is 24.6. The smallest absolute Gasteiger partial charge is 0.317 e. The summed E-state index contributed by atoms with van der Waals surface area (Å²) in [5, 5.41) is 7.48. The molecule has 2 aliphatic heterocycles. The van der Waals surface area contributed by atoms with Crippen molar-refractivity contribution >= 4 is 17.6 Å². The van der Waals surface area contributed by atoms with E-state index < -0.39 is 0 Å². The van der Waals surface area contributed by atoms with Crippen LogP contribution in [0.4, 0.5) is 10.6 Å². The van der Waals surface area contributed by atoms with E-state index >= 15 is 0 Å². The second kappa shape index (κ2) is 10.6. The molecule has 2 aromatic carbocycles. The number of ether oxygens (including phenoxy) is 4. The van der Waals surface area contributed by atoms with Gasteiger partial charge < -0.3 is 34.1 Å². The number of hydrogen-bond acceptors (Lipinski definition) is 9. The molecule has 0 atom stereocenters. The van der Waals surface area contributed by atoms with E-state index in [1.807, 2.05) is 41.3 Å². The van der Waals surface area contributed by atoms with Gasteiger partial charge in [-0.3, -0.25) is 0 Å². The Kier molecular flexibility index (Phi) is 6.66.